The smallest absolute Gasteiger partial charge is 0.163 e. The predicted molar refractivity (Wildman–Crippen MR) is 373 cm³/mol. The van der Waals surface area contributed by atoms with Gasteiger partial charge in [-0.2, -0.15) is 0 Å². The highest BCUT2D eigenvalue weighted by atomic mass is 15.2. The summed E-state index contributed by atoms with van der Waals surface area (Å²) in [7, 11) is 0. The summed E-state index contributed by atoms with van der Waals surface area (Å²) in [6, 6.07) is 102. The maximum Gasteiger partial charge on any atom is 0.163 e. The van der Waals surface area contributed by atoms with Crippen molar-refractivity contribution in [3.8, 4) is 40.1 Å². The van der Waals surface area contributed by atoms with Crippen molar-refractivity contribution in [2.24, 2.45) is 0 Å². The fourth-order valence-corrected chi connectivity index (χ4v) is 15.7. The number of benzene rings is 12. The summed E-state index contributed by atoms with van der Waals surface area (Å²) in [6.45, 7) is 0. The maximum absolute atomic E-state index is 5.86. The molecule has 0 fully saturated rings. The van der Waals surface area contributed by atoms with E-state index in [1.165, 1.54) is 54.8 Å². The second-order valence-electron chi connectivity index (χ2n) is 24.0. The van der Waals surface area contributed by atoms with Crippen molar-refractivity contribution in [3.05, 3.63) is 309 Å². The summed E-state index contributed by atoms with van der Waals surface area (Å²) in [6.07, 6.45) is 9.15. The van der Waals surface area contributed by atoms with Crippen LogP contribution in [0.25, 0.3) is 149 Å². The van der Waals surface area contributed by atoms with Crippen molar-refractivity contribution >= 4 is 120 Å². The number of para-hydroxylation sites is 8. The Bertz CT molecular complexity index is 5850. The van der Waals surface area contributed by atoms with Crippen LogP contribution in [-0.4, -0.2) is 38.8 Å². The molecule has 420 valence electrons. The Hall–Kier alpha value is -12.0. The van der Waals surface area contributed by atoms with Gasteiger partial charge in [-0.15, -0.1) is 0 Å². The second kappa shape index (κ2) is 18.8. The molecule has 8 heteroatoms. The van der Waals surface area contributed by atoms with Gasteiger partial charge in [-0.05, 0) is 96.6 Å². The van der Waals surface area contributed by atoms with E-state index in [0.717, 1.165) is 105 Å². The third-order valence-corrected chi connectivity index (χ3v) is 19.4. The number of nitrogens with zero attached hydrogens (tertiary/aromatic N) is 8. The molecule has 2 aliphatic rings. The Balaban J connectivity index is 0.887. The standard InChI is InChI=1S/C82H52N8/c1-4-22-52(23-5-1)85-68-34-16-10-28-56(68)62-44-45-63-57-29-13-19-37-71(57)88(77(63)76(62)85)55-42-40-51(41-43-55)82-83-74(89-72-38-20-14-32-60(72)66-48-46-64-58-30-11-17-35-69(58)86(78(64)80(66)89)53-24-6-2-7-25-53)50-75(84-82)90-73-39-21-15-33-61(73)67-49-47-65-59-31-12-18-36-70(59)87(79(65)81(67)90)54-26-8-3-9-27-54/h1-50,56,68H. The van der Waals surface area contributed by atoms with E-state index in [2.05, 4.69) is 331 Å². The van der Waals surface area contributed by atoms with E-state index in [9.17, 15) is 0 Å². The van der Waals surface area contributed by atoms with E-state index < -0.39 is 0 Å². The van der Waals surface area contributed by atoms with Gasteiger partial charge < -0.3 is 18.6 Å². The Morgan fingerprint density at radius 1 is 0.267 bits per heavy atom. The molecule has 0 spiro atoms. The van der Waals surface area contributed by atoms with Crippen LogP contribution in [0.15, 0.2) is 303 Å². The highest BCUT2D eigenvalue weighted by Gasteiger charge is 2.40. The Labute approximate surface area is 516 Å². The molecule has 7 heterocycles. The monoisotopic (exact) mass is 1150 g/mol. The van der Waals surface area contributed by atoms with Gasteiger partial charge in [0.25, 0.3) is 0 Å². The predicted octanol–water partition coefficient (Wildman–Crippen LogP) is 20.4. The van der Waals surface area contributed by atoms with E-state index >= 15 is 0 Å². The van der Waals surface area contributed by atoms with Gasteiger partial charge in [-0.3, -0.25) is 9.13 Å². The number of aromatic nitrogens is 7. The van der Waals surface area contributed by atoms with Gasteiger partial charge in [0, 0.05) is 94.2 Å². The van der Waals surface area contributed by atoms with Crippen LogP contribution >= 0.6 is 0 Å². The zero-order valence-corrected chi connectivity index (χ0v) is 48.6. The molecule has 0 bridgehead atoms. The molecule has 0 saturated carbocycles. The highest BCUT2D eigenvalue weighted by Crippen LogP contribution is 2.53. The lowest BCUT2D eigenvalue weighted by Crippen LogP contribution is -2.28. The molecule has 20 rings (SSSR count). The number of hydrogen-bond donors (Lipinski definition) is 0. The van der Waals surface area contributed by atoms with Crippen LogP contribution in [0.5, 0.6) is 0 Å². The van der Waals surface area contributed by atoms with Crippen LogP contribution in [0.4, 0.5) is 11.4 Å². The summed E-state index contributed by atoms with van der Waals surface area (Å²) in [5.74, 6) is 2.33. The molecule has 6 aromatic heterocycles. The van der Waals surface area contributed by atoms with E-state index in [1.807, 2.05) is 0 Å². The fraction of sp³-hybridized carbons (Fsp3) is 0.0244. The lowest BCUT2D eigenvalue weighted by atomic mass is 9.91. The van der Waals surface area contributed by atoms with Crippen LogP contribution < -0.4 is 4.90 Å². The minimum atomic E-state index is 0.144. The quantitative estimate of drug-likeness (QED) is 0.160. The van der Waals surface area contributed by atoms with E-state index in [-0.39, 0.29) is 12.0 Å². The first-order valence-electron chi connectivity index (χ1n) is 31.0. The van der Waals surface area contributed by atoms with Crippen LogP contribution in [0, 0.1) is 0 Å². The first kappa shape index (κ1) is 49.2. The highest BCUT2D eigenvalue weighted by molar-refractivity contribution is 6.26. The van der Waals surface area contributed by atoms with Gasteiger partial charge >= 0.3 is 0 Å². The lowest BCUT2D eigenvalue weighted by molar-refractivity contribution is 0.745. The molecular formula is C82H52N8. The first-order valence-corrected chi connectivity index (χ1v) is 31.0. The number of allylic oxidation sites excluding steroid dienone is 2. The number of hydrogen-bond acceptors (Lipinski definition) is 3. The Morgan fingerprint density at radius 3 is 1.07 bits per heavy atom. The molecule has 0 N–H and O–H groups in total. The summed E-state index contributed by atoms with van der Waals surface area (Å²) in [5, 5.41) is 11.7. The van der Waals surface area contributed by atoms with Crippen molar-refractivity contribution in [1.82, 2.24) is 32.8 Å². The molecule has 0 radical (unpaired) electrons. The van der Waals surface area contributed by atoms with Gasteiger partial charge in [0.2, 0.25) is 0 Å². The molecule has 8 nitrogen and oxygen atoms in total. The van der Waals surface area contributed by atoms with Crippen molar-refractivity contribution in [2.75, 3.05) is 4.90 Å². The molecule has 1 aliphatic carbocycles. The Kier molecular flexibility index (Phi) is 10.2. The average molecular weight is 1150 g/mol. The van der Waals surface area contributed by atoms with Gasteiger partial charge in [0.15, 0.2) is 5.82 Å². The number of fused-ring (bicyclic) bond motifs is 21. The first-order chi connectivity index (χ1) is 44.7. The summed E-state index contributed by atoms with van der Waals surface area (Å²) in [5.41, 5.74) is 19.0. The molecule has 2 unspecified atom stereocenters. The van der Waals surface area contributed by atoms with E-state index in [0.29, 0.717) is 5.82 Å². The van der Waals surface area contributed by atoms with Crippen LogP contribution in [0.2, 0.25) is 0 Å². The number of rotatable bonds is 7. The van der Waals surface area contributed by atoms with Gasteiger partial charge in [0.05, 0.1) is 66.9 Å². The topological polar surface area (TPSA) is 53.7 Å². The largest absolute Gasteiger partial charge is 0.332 e. The molecule has 2 atom stereocenters. The zero-order chi connectivity index (χ0) is 58.7. The van der Waals surface area contributed by atoms with Crippen LogP contribution in [0.3, 0.4) is 0 Å². The summed E-state index contributed by atoms with van der Waals surface area (Å²) in [4.78, 5) is 14.3. The molecule has 0 amide bonds. The maximum atomic E-state index is 5.86. The number of anilines is 2. The SMILES string of the molecule is C1=CC2c3ccc4c5ccccc5n(-c5ccc(-c6nc(-n7c8ccccc8c8ccc9c%10ccccc%10n(-c%10ccccc%10)c9c87)cc(-n7c8ccccc8c8ccc9c%10ccccc%10n(-c%10ccccc%10)c9c87)n6)cc5)c4c3N(c3ccccc3)C2C=C1. The molecule has 0 saturated heterocycles. The minimum absolute atomic E-state index is 0.144. The zero-order valence-electron chi connectivity index (χ0n) is 48.6. The minimum Gasteiger partial charge on any atom is -0.332 e. The van der Waals surface area contributed by atoms with Gasteiger partial charge in [-0.1, -0.05) is 206 Å². The molecule has 18 aromatic rings. The van der Waals surface area contributed by atoms with Crippen molar-refractivity contribution in [3.63, 3.8) is 0 Å². The summed E-state index contributed by atoms with van der Waals surface area (Å²) >= 11 is 0. The van der Waals surface area contributed by atoms with Crippen molar-refractivity contribution < 1.29 is 0 Å². The van der Waals surface area contributed by atoms with Gasteiger partial charge in [-0.25, -0.2) is 9.97 Å². The van der Waals surface area contributed by atoms with Crippen molar-refractivity contribution in [1.29, 1.82) is 0 Å². The Morgan fingerprint density at radius 2 is 0.611 bits per heavy atom. The van der Waals surface area contributed by atoms with Crippen LogP contribution in [0.1, 0.15) is 11.5 Å². The van der Waals surface area contributed by atoms with Gasteiger partial charge in [0.1, 0.15) is 11.6 Å². The average Bonchev–Trinajstić information content (AvgIpc) is 1.58. The van der Waals surface area contributed by atoms with Crippen molar-refractivity contribution in [2.45, 2.75) is 12.0 Å². The molecule has 90 heavy (non-hydrogen) atoms. The molecular weight excluding hydrogens is 1100 g/mol. The normalized spacial score (nSPS) is 14.8. The second-order valence-corrected chi connectivity index (χ2v) is 24.0. The van der Waals surface area contributed by atoms with Crippen LogP contribution in [-0.2, 0) is 0 Å². The lowest BCUT2D eigenvalue weighted by Gasteiger charge is -2.29. The molecule has 12 aromatic carbocycles. The third kappa shape index (κ3) is 6.79. The summed E-state index contributed by atoms with van der Waals surface area (Å²) < 4.78 is 12.2. The third-order valence-electron chi connectivity index (χ3n) is 19.4. The fourth-order valence-electron chi connectivity index (χ4n) is 15.7. The van der Waals surface area contributed by atoms with E-state index in [1.54, 1.807) is 0 Å². The van der Waals surface area contributed by atoms with E-state index in [4.69, 9.17) is 9.97 Å². The molecule has 1 aliphatic heterocycles.